The summed E-state index contributed by atoms with van der Waals surface area (Å²) in [6, 6.07) is 14.9. The first kappa shape index (κ1) is 16.4. The number of imidazole rings is 1. The maximum atomic E-state index is 12.3. The van der Waals surface area contributed by atoms with Gasteiger partial charge in [-0.25, -0.2) is 14.8 Å². The molecule has 0 amide bonds. The Bertz CT molecular complexity index is 1130. The van der Waals surface area contributed by atoms with Gasteiger partial charge in [-0.15, -0.1) is 0 Å². The molecule has 130 valence electrons. The number of fused-ring (bicyclic) bond motifs is 1. The number of nitrogens with one attached hydrogen (secondary N) is 1. The van der Waals surface area contributed by atoms with Crippen molar-refractivity contribution >= 4 is 22.9 Å². The molecule has 0 aliphatic heterocycles. The smallest absolute Gasteiger partial charge is 0.329 e. The maximum absolute atomic E-state index is 12.3. The third-order valence-electron chi connectivity index (χ3n) is 4.10. The van der Waals surface area contributed by atoms with Crippen LogP contribution in [0.2, 0.25) is 5.02 Å². The number of aromatic amines is 1. The van der Waals surface area contributed by atoms with E-state index in [0.29, 0.717) is 28.6 Å². The summed E-state index contributed by atoms with van der Waals surface area (Å²) in [5, 5.41) is 0.653. The Balaban J connectivity index is 1.79. The van der Waals surface area contributed by atoms with Gasteiger partial charge in [0.2, 0.25) is 0 Å². The van der Waals surface area contributed by atoms with E-state index in [4.69, 9.17) is 16.3 Å². The molecule has 0 saturated heterocycles. The summed E-state index contributed by atoms with van der Waals surface area (Å²) in [5.74, 6) is 0.733. The SMILES string of the molecule is COc1cccc(-c2cnc3[nH]c(=O)n(Cc4ccc(Cl)cc4)c3n2)c1. The second kappa shape index (κ2) is 6.65. The van der Waals surface area contributed by atoms with Crippen molar-refractivity contribution in [3.63, 3.8) is 0 Å². The van der Waals surface area contributed by atoms with Crippen molar-refractivity contribution in [1.29, 1.82) is 0 Å². The maximum Gasteiger partial charge on any atom is 0.329 e. The number of benzene rings is 2. The topological polar surface area (TPSA) is 72.8 Å². The lowest BCUT2D eigenvalue weighted by Gasteiger charge is -2.06. The van der Waals surface area contributed by atoms with Gasteiger partial charge in [0.25, 0.3) is 0 Å². The number of nitrogens with zero attached hydrogens (tertiary/aromatic N) is 3. The molecule has 0 unspecified atom stereocenters. The van der Waals surface area contributed by atoms with Crippen LogP contribution in [0.15, 0.2) is 59.5 Å². The van der Waals surface area contributed by atoms with E-state index in [2.05, 4.69) is 15.0 Å². The van der Waals surface area contributed by atoms with Gasteiger partial charge in [-0.3, -0.25) is 9.55 Å². The number of rotatable bonds is 4. The minimum absolute atomic E-state index is 0.252. The van der Waals surface area contributed by atoms with Crippen LogP contribution < -0.4 is 10.4 Å². The molecule has 0 aliphatic rings. The monoisotopic (exact) mass is 366 g/mol. The highest BCUT2D eigenvalue weighted by atomic mass is 35.5. The number of hydrogen-bond donors (Lipinski definition) is 1. The van der Waals surface area contributed by atoms with Gasteiger partial charge in [0.05, 0.1) is 25.5 Å². The molecule has 0 aliphatic carbocycles. The summed E-state index contributed by atoms with van der Waals surface area (Å²) in [4.78, 5) is 24.1. The number of halogens is 1. The van der Waals surface area contributed by atoms with Gasteiger partial charge in [-0.2, -0.15) is 0 Å². The molecule has 0 radical (unpaired) electrons. The molecule has 0 bridgehead atoms. The molecule has 0 fully saturated rings. The van der Waals surface area contributed by atoms with Crippen LogP contribution in [-0.4, -0.2) is 26.6 Å². The van der Waals surface area contributed by atoms with Crippen molar-refractivity contribution in [2.45, 2.75) is 6.54 Å². The van der Waals surface area contributed by atoms with Gasteiger partial charge in [0.15, 0.2) is 11.3 Å². The van der Waals surface area contributed by atoms with E-state index in [1.807, 2.05) is 36.4 Å². The summed E-state index contributed by atoms with van der Waals surface area (Å²) < 4.78 is 6.82. The summed E-state index contributed by atoms with van der Waals surface area (Å²) >= 11 is 5.93. The summed E-state index contributed by atoms with van der Waals surface area (Å²) in [6.07, 6.45) is 1.64. The summed E-state index contributed by atoms with van der Waals surface area (Å²) in [5.41, 5.74) is 3.19. The zero-order chi connectivity index (χ0) is 18.1. The van der Waals surface area contributed by atoms with Gasteiger partial charge in [-0.05, 0) is 29.8 Å². The van der Waals surface area contributed by atoms with Gasteiger partial charge in [0.1, 0.15) is 5.75 Å². The zero-order valence-electron chi connectivity index (χ0n) is 13.9. The first-order valence-electron chi connectivity index (χ1n) is 7.98. The fraction of sp³-hybridized carbons (Fsp3) is 0.105. The van der Waals surface area contributed by atoms with E-state index in [0.717, 1.165) is 16.9 Å². The van der Waals surface area contributed by atoms with Crippen LogP contribution in [0.1, 0.15) is 5.56 Å². The van der Waals surface area contributed by atoms with Gasteiger partial charge in [-0.1, -0.05) is 35.9 Å². The molecule has 0 spiro atoms. The van der Waals surface area contributed by atoms with E-state index in [1.54, 1.807) is 30.0 Å². The molecule has 2 aromatic heterocycles. The number of ether oxygens (including phenoxy) is 1. The van der Waals surface area contributed by atoms with Crippen LogP contribution in [0, 0.1) is 0 Å². The van der Waals surface area contributed by atoms with E-state index in [1.165, 1.54) is 0 Å². The van der Waals surface area contributed by atoms with E-state index in [9.17, 15) is 4.79 Å². The molecular formula is C19H15ClN4O2. The van der Waals surface area contributed by atoms with Crippen LogP contribution >= 0.6 is 11.6 Å². The molecule has 6 nitrogen and oxygen atoms in total. The van der Waals surface area contributed by atoms with Crippen molar-refractivity contribution < 1.29 is 4.74 Å². The normalized spacial score (nSPS) is 11.0. The quantitative estimate of drug-likeness (QED) is 0.600. The fourth-order valence-electron chi connectivity index (χ4n) is 2.76. The lowest BCUT2D eigenvalue weighted by Crippen LogP contribution is -2.17. The van der Waals surface area contributed by atoms with Crippen molar-refractivity contribution in [2.75, 3.05) is 7.11 Å². The molecule has 7 heteroatoms. The fourth-order valence-corrected chi connectivity index (χ4v) is 2.89. The predicted molar refractivity (Wildman–Crippen MR) is 101 cm³/mol. The summed E-state index contributed by atoms with van der Waals surface area (Å²) in [7, 11) is 1.62. The predicted octanol–water partition coefficient (Wildman–Crippen LogP) is 3.50. The standard InChI is InChI=1S/C19H15ClN4O2/c1-26-15-4-2-3-13(9-15)16-10-21-17-18(22-16)24(19(25)23-17)11-12-5-7-14(20)8-6-12/h2-10H,11H2,1H3,(H,21,23,25). The largest absolute Gasteiger partial charge is 0.497 e. The Morgan fingerprint density at radius 1 is 1.19 bits per heavy atom. The molecule has 4 rings (SSSR count). The summed E-state index contributed by atoms with van der Waals surface area (Å²) in [6.45, 7) is 0.381. The molecular weight excluding hydrogens is 352 g/mol. The van der Waals surface area contributed by atoms with Gasteiger partial charge in [0, 0.05) is 10.6 Å². The molecule has 4 aromatic rings. The van der Waals surface area contributed by atoms with Crippen LogP contribution in [0.4, 0.5) is 0 Å². The third kappa shape index (κ3) is 3.07. The minimum Gasteiger partial charge on any atom is -0.497 e. The average Bonchev–Trinajstić information content (AvgIpc) is 2.98. The van der Waals surface area contributed by atoms with Crippen LogP contribution in [0.5, 0.6) is 5.75 Å². The average molecular weight is 367 g/mol. The first-order chi connectivity index (χ1) is 12.6. The Morgan fingerprint density at radius 2 is 2.00 bits per heavy atom. The van der Waals surface area contributed by atoms with E-state index < -0.39 is 0 Å². The van der Waals surface area contributed by atoms with Crippen molar-refractivity contribution in [3.05, 3.63) is 75.8 Å². The lowest BCUT2D eigenvalue weighted by molar-refractivity contribution is 0.415. The highest BCUT2D eigenvalue weighted by molar-refractivity contribution is 6.30. The van der Waals surface area contributed by atoms with Crippen molar-refractivity contribution in [3.8, 4) is 17.0 Å². The molecule has 2 aromatic carbocycles. The minimum atomic E-state index is -0.252. The van der Waals surface area contributed by atoms with E-state index in [-0.39, 0.29) is 5.69 Å². The second-order valence-corrected chi connectivity index (χ2v) is 6.24. The zero-order valence-corrected chi connectivity index (χ0v) is 14.7. The number of methoxy groups -OCH3 is 1. The van der Waals surface area contributed by atoms with Crippen molar-refractivity contribution in [2.24, 2.45) is 0 Å². The highest BCUT2D eigenvalue weighted by Crippen LogP contribution is 2.23. The number of H-pyrrole nitrogens is 1. The van der Waals surface area contributed by atoms with Gasteiger partial charge < -0.3 is 4.74 Å². The van der Waals surface area contributed by atoms with E-state index >= 15 is 0 Å². The lowest BCUT2D eigenvalue weighted by atomic mass is 10.1. The number of aromatic nitrogens is 4. The van der Waals surface area contributed by atoms with Crippen LogP contribution in [0.25, 0.3) is 22.6 Å². The van der Waals surface area contributed by atoms with Crippen LogP contribution in [-0.2, 0) is 6.54 Å². The molecule has 0 atom stereocenters. The number of hydrogen-bond acceptors (Lipinski definition) is 4. The molecule has 0 saturated carbocycles. The first-order valence-corrected chi connectivity index (χ1v) is 8.36. The third-order valence-corrected chi connectivity index (χ3v) is 4.35. The Labute approximate surface area is 154 Å². The second-order valence-electron chi connectivity index (χ2n) is 5.80. The van der Waals surface area contributed by atoms with Crippen LogP contribution in [0.3, 0.4) is 0 Å². The Hall–Kier alpha value is -3.12. The van der Waals surface area contributed by atoms with Gasteiger partial charge >= 0.3 is 5.69 Å². The highest BCUT2D eigenvalue weighted by Gasteiger charge is 2.12. The molecule has 26 heavy (non-hydrogen) atoms. The molecule has 1 N–H and O–H groups in total. The Kier molecular flexibility index (Phi) is 4.18. The molecule has 2 heterocycles. The van der Waals surface area contributed by atoms with Crippen molar-refractivity contribution in [1.82, 2.24) is 19.5 Å². The Morgan fingerprint density at radius 3 is 2.77 bits per heavy atom.